The Bertz CT molecular complexity index is 869. The molecule has 1 aliphatic rings. The van der Waals surface area contributed by atoms with Gasteiger partial charge in [-0.25, -0.2) is 4.39 Å². The van der Waals surface area contributed by atoms with Crippen LogP contribution in [0.2, 0.25) is 0 Å². The van der Waals surface area contributed by atoms with Crippen molar-refractivity contribution in [1.82, 2.24) is 10.2 Å². The van der Waals surface area contributed by atoms with Crippen molar-refractivity contribution in [1.29, 1.82) is 0 Å². The lowest BCUT2D eigenvalue weighted by atomic mass is 9.99. The summed E-state index contributed by atoms with van der Waals surface area (Å²) in [7, 11) is 0. The molecule has 0 bridgehead atoms. The molecule has 0 radical (unpaired) electrons. The van der Waals surface area contributed by atoms with Crippen LogP contribution in [0.5, 0.6) is 0 Å². The molecule has 0 aliphatic carbocycles. The van der Waals surface area contributed by atoms with Crippen molar-refractivity contribution >= 4 is 23.6 Å². The summed E-state index contributed by atoms with van der Waals surface area (Å²) < 4.78 is 13.1. The molecule has 6 heteroatoms. The molecule has 0 spiro atoms. The smallest absolute Gasteiger partial charge is 0.243 e. The molecule has 1 saturated heterocycles. The fraction of sp³-hybridized carbons (Fsp3) is 0.391. The molecule has 2 aromatic rings. The van der Waals surface area contributed by atoms with Crippen LogP contribution in [0.3, 0.4) is 0 Å². The molecule has 4 nitrogen and oxygen atoms in total. The normalized spacial score (nSPS) is 17.6. The standard InChI is InChI=1S/C23H27FN2O2S/c1-15(2)12-20(22(28)25-13-17-8-10-18(24)11-9-17)26-21(27)14-29-23(26)19-7-5-4-6-16(19)3/h4-11,15,20,23H,12-14H2,1-3H3,(H,25,28)/t20-,23+/m0/s1. The number of benzene rings is 2. The zero-order valence-corrected chi connectivity index (χ0v) is 17.8. The Kier molecular flexibility index (Phi) is 6.96. The second kappa shape index (κ2) is 9.44. The quantitative estimate of drug-likeness (QED) is 0.729. The van der Waals surface area contributed by atoms with E-state index in [1.54, 1.807) is 28.8 Å². The average molecular weight is 415 g/mol. The fourth-order valence-electron chi connectivity index (χ4n) is 3.58. The Morgan fingerprint density at radius 2 is 1.90 bits per heavy atom. The summed E-state index contributed by atoms with van der Waals surface area (Å²) in [4.78, 5) is 27.7. The molecule has 1 fully saturated rings. The molecule has 0 aromatic heterocycles. The predicted octanol–water partition coefficient (Wildman–Crippen LogP) is 4.44. The second-order valence-electron chi connectivity index (χ2n) is 7.81. The van der Waals surface area contributed by atoms with Crippen molar-refractivity contribution in [3.8, 4) is 0 Å². The van der Waals surface area contributed by atoms with Gasteiger partial charge in [0.25, 0.3) is 0 Å². The van der Waals surface area contributed by atoms with Gasteiger partial charge in [0.15, 0.2) is 0 Å². The zero-order chi connectivity index (χ0) is 21.0. The van der Waals surface area contributed by atoms with Gasteiger partial charge in [-0.3, -0.25) is 9.59 Å². The van der Waals surface area contributed by atoms with E-state index < -0.39 is 6.04 Å². The molecule has 0 unspecified atom stereocenters. The molecular formula is C23H27FN2O2S. The molecule has 154 valence electrons. The van der Waals surface area contributed by atoms with E-state index in [1.165, 1.54) is 12.1 Å². The van der Waals surface area contributed by atoms with Crippen molar-refractivity contribution in [2.75, 3.05) is 5.75 Å². The number of thioether (sulfide) groups is 1. The van der Waals surface area contributed by atoms with Crippen LogP contribution in [-0.2, 0) is 16.1 Å². The van der Waals surface area contributed by atoms with Gasteiger partial charge in [0.05, 0.1) is 5.75 Å². The van der Waals surface area contributed by atoms with Gasteiger partial charge in [-0.2, -0.15) is 0 Å². The highest BCUT2D eigenvalue weighted by atomic mass is 32.2. The van der Waals surface area contributed by atoms with Crippen molar-refractivity contribution in [3.05, 3.63) is 71.0 Å². The summed E-state index contributed by atoms with van der Waals surface area (Å²) in [6.45, 7) is 6.44. The van der Waals surface area contributed by atoms with Crippen molar-refractivity contribution in [3.63, 3.8) is 0 Å². The molecular weight excluding hydrogens is 387 g/mol. The maximum Gasteiger partial charge on any atom is 0.243 e. The average Bonchev–Trinajstić information content (AvgIpc) is 3.06. The first kappa shape index (κ1) is 21.4. The highest BCUT2D eigenvalue weighted by molar-refractivity contribution is 8.00. The lowest BCUT2D eigenvalue weighted by molar-refractivity contribution is -0.139. The van der Waals surface area contributed by atoms with E-state index >= 15 is 0 Å². The van der Waals surface area contributed by atoms with E-state index in [0.717, 1.165) is 16.7 Å². The fourth-order valence-corrected chi connectivity index (χ4v) is 4.90. The van der Waals surface area contributed by atoms with Crippen LogP contribution in [-0.4, -0.2) is 28.5 Å². The third-order valence-corrected chi connectivity index (χ3v) is 6.28. The number of nitrogens with zero attached hydrogens (tertiary/aromatic N) is 1. The molecule has 1 heterocycles. The molecule has 0 saturated carbocycles. The molecule has 29 heavy (non-hydrogen) atoms. The first-order chi connectivity index (χ1) is 13.9. The summed E-state index contributed by atoms with van der Waals surface area (Å²) in [5.74, 6) is 0.146. The van der Waals surface area contributed by atoms with E-state index in [1.807, 2.05) is 31.2 Å². The van der Waals surface area contributed by atoms with Gasteiger partial charge in [-0.15, -0.1) is 11.8 Å². The van der Waals surface area contributed by atoms with Crippen LogP contribution >= 0.6 is 11.8 Å². The van der Waals surface area contributed by atoms with Crippen LogP contribution in [0.15, 0.2) is 48.5 Å². The number of aryl methyl sites for hydroxylation is 1. The van der Waals surface area contributed by atoms with Crippen LogP contribution in [0, 0.1) is 18.7 Å². The molecule has 2 atom stereocenters. The minimum absolute atomic E-state index is 0.00849. The van der Waals surface area contributed by atoms with Gasteiger partial charge in [0.1, 0.15) is 17.2 Å². The summed E-state index contributed by atoms with van der Waals surface area (Å²) in [6, 6.07) is 13.5. The number of rotatable bonds is 7. The summed E-state index contributed by atoms with van der Waals surface area (Å²) in [5.41, 5.74) is 3.00. The lowest BCUT2D eigenvalue weighted by Crippen LogP contribution is -2.49. The minimum Gasteiger partial charge on any atom is -0.350 e. The number of carbonyl (C=O) groups is 2. The number of halogens is 1. The van der Waals surface area contributed by atoms with Crippen LogP contribution in [0.4, 0.5) is 4.39 Å². The van der Waals surface area contributed by atoms with E-state index in [-0.39, 0.29) is 28.9 Å². The summed E-state index contributed by atoms with van der Waals surface area (Å²) in [5, 5.41) is 2.78. The molecule has 1 N–H and O–H groups in total. The number of nitrogens with one attached hydrogen (secondary N) is 1. The Morgan fingerprint density at radius 3 is 2.55 bits per heavy atom. The molecule has 2 amide bonds. The third-order valence-electron chi connectivity index (χ3n) is 5.07. The van der Waals surface area contributed by atoms with Crippen LogP contribution in [0.1, 0.15) is 42.3 Å². The second-order valence-corrected chi connectivity index (χ2v) is 8.88. The Balaban J connectivity index is 1.81. The van der Waals surface area contributed by atoms with Gasteiger partial charge in [-0.05, 0) is 48.1 Å². The van der Waals surface area contributed by atoms with E-state index in [2.05, 4.69) is 19.2 Å². The van der Waals surface area contributed by atoms with E-state index in [4.69, 9.17) is 0 Å². The largest absolute Gasteiger partial charge is 0.350 e. The Hall–Kier alpha value is -2.34. The number of amides is 2. The lowest BCUT2D eigenvalue weighted by Gasteiger charge is -2.33. The molecule has 1 aliphatic heterocycles. The van der Waals surface area contributed by atoms with Gasteiger partial charge >= 0.3 is 0 Å². The molecule has 2 aromatic carbocycles. The highest BCUT2D eigenvalue weighted by Gasteiger charge is 2.41. The van der Waals surface area contributed by atoms with Gasteiger partial charge in [-0.1, -0.05) is 50.2 Å². The van der Waals surface area contributed by atoms with Gasteiger partial charge < -0.3 is 10.2 Å². The molecule has 3 rings (SSSR count). The van der Waals surface area contributed by atoms with Gasteiger partial charge in [0, 0.05) is 6.54 Å². The topological polar surface area (TPSA) is 49.4 Å². The summed E-state index contributed by atoms with van der Waals surface area (Å²) >= 11 is 1.57. The van der Waals surface area contributed by atoms with Crippen molar-refractivity contribution in [2.45, 2.75) is 45.2 Å². The SMILES string of the molecule is Cc1ccccc1[C@H]1SCC(=O)N1[C@@H](CC(C)C)C(=O)NCc1ccc(F)cc1. The van der Waals surface area contributed by atoms with Crippen LogP contribution in [0.25, 0.3) is 0 Å². The third kappa shape index (κ3) is 5.18. The first-order valence-corrected chi connectivity index (χ1v) is 10.9. The predicted molar refractivity (Wildman–Crippen MR) is 115 cm³/mol. The van der Waals surface area contributed by atoms with E-state index in [9.17, 15) is 14.0 Å². The monoisotopic (exact) mass is 414 g/mol. The van der Waals surface area contributed by atoms with Crippen LogP contribution < -0.4 is 5.32 Å². The summed E-state index contributed by atoms with van der Waals surface area (Å²) in [6.07, 6.45) is 0.587. The maximum atomic E-state index is 13.1. The van der Waals surface area contributed by atoms with Crippen molar-refractivity contribution in [2.24, 2.45) is 5.92 Å². The maximum absolute atomic E-state index is 13.1. The highest BCUT2D eigenvalue weighted by Crippen LogP contribution is 2.42. The number of hydrogen-bond acceptors (Lipinski definition) is 3. The van der Waals surface area contributed by atoms with Gasteiger partial charge in [0.2, 0.25) is 11.8 Å². The number of carbonyl (C=O) groups excluding carboxylic acids is 2. The first-order valence-electron chi connectivity index (χ1n) is 9.87. The Morgan fingerprint density at radius 1 is 1.21 bits per heavy atom. The number of hydrogen-bond donors (Lipinski definition) is 1. The Labute approximate surface area is 175 Å². The van der Waals surface area contributed by atoms with Crippen molar-refractivity contribution < 1.29 is 14.0 Å². The minimum atomic E-state index is -0.539. The zero-order valence-electron chi connectivity index (χ0n) is 17.0. The van der Waals surface area contributed by atoms with E-state index in [0.29, 0.717) is 18.7 Å².